The third-order valence-corrected chi connectivity index (χ3v) is 4.29. The van der Waals surface area contributed by atoms with Crippen LogP contribution in [0.5, 0.6) is 0 Å². The molecule has 1 heterocycles. The minimum absolute atomic E-state index is 0.544. The van der Waals surface area contributed by atoms with E-state index in [9.17, 15) is 0 Å². The fourth-order valence-electron chi connectivity index (χ4n) is 2.86. The van der Waals surface area contributed by atoms with E-state index in [1.165, 1.54) is 38.5 Å². The van der Waals surface area contributed by atoms with Crippen molar-refractivity contribution in [2.45, 2.75) is 64.5 Å². The van der Waals surface area contributed by atoms with E-state index in [2.05, 4.69) is 19.2 Å². The molecule has 16 heavy (non-hydrogen) atoms. The van der Waals surface area contributed by atoms with Gasteiger partial charge in [-0.25, -0.2) is 0 Å². The summed E-state index contributed by atoms with van der Waals surface area (Å²) in [5.74, 6) is 1.85. The first-order chi connectivity index (χ1) is 7.75. The van der Waals surface area contributed by atoms with E-state index in [0.29, 0.717) is 6.10 Å². The molecule has 0 amide bonds. The van der Waals surface area contributed by atoms with Crippen LogP contribution in [0.4, 0.5) is 0 Å². The molecule has 1 aliphatic carbocycles. The number of hydrogen-bond acceptors (Lipinski definition) is 2. The molecule has 2 heteroatoms. The van der Waals surface area contributed by atoms with Crippen LogP contribution in [0.2, 0.25) is 0 Å². The molecule has 2 aliphatic rings. The summed E-state index contributed by atoms with van der Waals surface area (Å²) in [7, 11) is 0. The number of hydrogen-bond donors (Lipinski definition) is 1. The highest BCUT2D eigenvalue weighted by Crippen LogP contribution is 2.33. The van der Waals surface area contributed by atoms with Gasteiger partial charge in [0.05, 0.1) is 6.10 Å². The second kappa shape index (κ2) is 6.02. The van der Waals surface area contributed by atoms with Crippen molar-refractivity contribution in [1.29, 1.82) is 0 Å². The second-order valence-electron chi connectivity index (χ2n) is 5.90. The Morgan fingerprint density at radius 3 is 2.69 bits per heavy atom. The molecule has 0 aromatic carbocycles. The lowest BCUT2D eigenvalue weighted by Gasteiger charge is -2.39. The summed E-state index contributed by atoms with van der Waals surface area (Å²) < 4.78 is 5.73. The van der Waals surface area contributed by atoms with E-state index in [-0.39, 0.29) is 0 Å². The fourth-order valence-corrected chi connectivity index (χ4v) is 2.86. The van der Waals surface area contributed by atoms with Gasteiger partial charge in [-0.1, -0.05) is 13.8 Å². The van der Waals surface area contributed by atoms with Crippen molar-refractivity contribution < 1.29 is 4.74 Å². The average Bonchev–Trinajstić information content (AvgIpc) is 2.22. The van der Waals surface area contributed by atoms with E-state index in [0.717, 1.165) is 31.0 Å². The summed E-state index contributed by atoms with van der Waals surface area (Å²) in [6.07, 6.45) is 8.45. The Morgan fingerprint density at radius 1 is 1.25 bits per heavy atom. The Hall–Kier alpha value is -0.0800. The quantitative estimate of drug-likeness (QED) is 0.776. The highest BCUT2D eigenvalue weighted by molar-refractivity contribution is 4.86. The third kappa shape index (κ3) is 3.46. The molecule has 1 saturated carbocycles. The van der Waals surface area contributed by atoms with Gasteiger partial charge in [-0.15, -0.1) is 0 Å². The van der Waals surface area contributed by atoms with Crippen LogP contribution < -0.4 is 5.32 Å². The van der Waals surface area contributed by atoms with Crippen LogP contribution in [0.3, 0.4) is 0 Å². The van der Waals surface area contributed by atoms with E-state index in [4.69, 9.17) is 4.74 Å². The van der Waals surface area contributed by atoms with Crippen molar-refractivity contribution in [2.75, 3.05) is 13.2 Å². The van der Waals surface area contributed by atoms with Crippen LogP contribution >= 0.6 is 0 Å². The zero-order chi connectivity index (χ0) is 11.4. The smallest absolute Gasteiger partial charge is 0.0587 e. The van der Waals surface area contributed by atoms with E-state index in [1.807, 2.05) is 0 Å². The molecule has 0 aromatic rings. The zero-order valence-corrected chi connectivity index (χ0v) is 10.9. The molecule has 1 N–H and O–H groups in total. The highest BCUT2D eigenvalue weighted by Gasteiger charge is 2.30. The summed E-state index contributed by atoms with van der Waals surface area (Å²) in [5, 5.41) is 3.67. The molecule has 0 spiro atoms. The molecular weight excluding hydrogens is 198 g/mol. The zero-order valence-electron chi connectivity index (χ0n) is 10.9. The Balaban J connectivity index is 1.49. The minimum atomic E-state index is 0.544. The van der Waals surface area contributed by atoms with Gasteiger partial charge in [-0.3, -0.25) is 0 Å². The summed E-state index contributed by atoms with van der Waals surface area (Å²) in [6.45, 7) is 6.83. The first-order valence-electron chi connectivity index (χ1n) is 7.10. The Morgan fingerprint density at radius 2 is 2.06 bits per heavy atom. The lowest BCUT2D eigenvalue weighted by Crippen LogP contribution is -2.44. The highest BCUT2D eigenvalue weighted by atomic mass is 16.5. The van der Waals surface area contributed by atoms with E-state index >= 15 is 0 Å². The van der Waals surface area contributed by atoms with Crippen molar-refractivity contribution in [3.63, 3.8) is 0 Å². The predicted octanol–water partition coefficient (Wildman–Crippen LogP) is 2.97. The predicted molar refractivity (Wildman–Crippen MR) is 67.6 cm³/mol. The Bertz CT molecular complexity index is 193. The molecule has 1 atom stereocenters. The minimum Gasteiger partial charge on any atom is -0.378 e. The van der Waals surface area contributed by atoms with Gasteiger partial charge in [0, 0.05) is 12.6 Å². The lowest BCUT2D eigenvalue weighted by atomic mass is 9.73. The van der Waals surface area contributed by atoms with Crippen molar-refractivity contribution in [2.24, 2.45) is 11.8 Å². The molecule has 0 aromatic heterocycles. The fraction of sp³-hybridized carbons (Fsp3) is 1.00. The third-order valence-electron chi connectivity index (χ3n) is 4.29. The first kappa shape index (κ1) is 12.4. The maximum atomic E-state index is 5.73. The van der Waals surface area contributed by atoms with E-state index < -0.39 is 0 Å². The monoisotopic (exact) mass is 225 g/mol. The van der Waals surface area contributed by atoms with Crippen LogP contribution in [0.1, 0.15) is 52.4 Å². The second-order valence-corrected chi connectivity index (χ2v) is 5.90. The molecule has 1 aliphatic heterocycles. The van der Waals surface area contributed by atoms with Gasteiger partial charge in [0.2, 0.25) is 0 Å². The molecule has 0 radical (unpaired) electrons. The molecule has 94 valence electrons. The topological polar surface area (TPSA) is 21.3 Å². The number of nitrogens with one attached hydrogen (secondary N) is 1. The van der Waals surface area contributed by atoms with Crippen LogP contribution in [-0.4, -0.2) is 25.3 Å². The van der Waals surface area contributed by atoms with Gasteiger partial charge < -0.3 is 10.1 Å². The van der Waals surface area contributed by atoms with Gasteiger partial charge in [-0.2, -0.15) is 0 Å². The van der Waals surface area contributed by atoms with Crippen molar-refractivity contribution in [3.8, 4) is 0 Å². The molecule has 2 nitrogen and oxygen atoms in total. The normalized spacial score (nSPS) is 35.1. The van der Waals surface area contributed by atoms with Gasteiger partial charge in [-0.05, 0) is 56.9 Å². The lowest BCUT2D eigenvalue weighted by molar-refractivity contribution is 0.0101. The summed E-state index contributed by atoms with van der Waals surface area (Å²) >= 11 is 0. The summed E-state index contributed by atoms with van der Waals surface area (Å²) in [4.78, 5) is 0. The number of ether oxygens (including phenoxy) is 1. The van der Waals surface area contributed by atoms with Crippen molar-refractivity contribution >= 4 is 0 Å². The van der Waals surface area contributed by atoms with Gasteiger partial charge in [0.1, 0.15) is 0 Å². The van der Waals surface area contributed by atoms with Gasteiger partial charge in [0.15, 0.2) is 0 Å². The summed E-state index contributed by atoms with van der Waals surface area (Å²) in [6, 6.07) is 0.802. The van der Waals surface area contributed by atoms with E-state index in [1.54, 1.807) is 0 Å². The molecule has 1 saturated heterocycles. The maximum Gasteiger partial charge on any atom is 0.0587 e. The molecule has 1 unspecified atom stereocenters. The molecule has 0 bridgehead atoms. The molecular formula is C14H27NO. The molecule has 2 fully saturated rings. The summed E-state index contributed by atoms with van der Waals surface area (Å²) in [5.41, 5.74) is 0. The molecule has 2 rings (SSSR count). The van der Waals surface area contributed by atoms with Crippen LogP contribution in [-0.2, 0) is 4.74 Å². The standard InChI is InChI=1S/C14H27NO/c1-11(2)12-9-13(10-12)15-7-6-14-5-3-4-8-16-14/h11-15H,3-10H2,1-2H3. The van der Waals surface area contributed by atoms with Crippen LogP contribution in [0.15, 0.2) is 0 Å². The largest absolute Gasteiger partial charge is 0.378 e. The van der Waals surface area contributed by atoms with Crippen LogP contribution in [0, 0.1) is 11.8 Å². The van der Waals surface area contributed by atoms with Crippen LogP contribution in [0.25, 0.3) is 0 Å². The first-order valence-corrected chi connectivity index (χ1v) is 7.10. The SMILES string of the molecule is CC(C)C1CC(NCCC2CCCCO2)C1. The average molecular weight is 225 g/mol. The number of rotatable bonds is 5. The Kier molecular flexibility index (Phi) is 4.66. The Labute approximate surface area is 100 Å². The van der Waals surface area contributed by atoms with Crippen molar-refractivity contribution in [3.05, 3.63) is 0 Å². The van der Waals surface area contributed by atoms with Gasteiger partial charge >= 0.3 is 0 Å². The van der Waals surface area contributed by atoms with Crippen molar-refractivity contribution in [1.82, 2.24) is 5.32 Å². The van der Waals surface area contributed by atoms with Gasteiger partial charge in [0.25, 0.3) is 0 Å². The maximum absolute atomic E-state index is 5.73.